The first-order valence-electron chi connectivity index (χ1n) is 2.81. The maximum Gasteiger partial charge on any atom is 0.404 e. The maximum atomic E-state index is 10.0. The van der Waals surface area contributed by atoms with Crippen molar-refractivity contribution in [2.24, 2.45) is 11.7 Å². The Morgan fingerprint density at radius 3 is 2.89 bits per heavy atom. The molecule has 1 aliphatic rings. The fourth-order valence-corrected chi connectivity index (χ4v) is 0.705. The summed E-state index contributed by atoms with van der Waals surface area (Å²) < 4.78 is 4.54. The number of aliphatic hydroxyl groups excluding tert-OH is 1. The normalized spacial score (nSPS) is 31.7. The number of nitrogens with two attached hydrogens (primary N) is 1. The SMILES string of the molecule is NC(=O)OC1CC1CO. The first kappa shape index (κ1) is 6.35. The van der Waals surface area contributed by atoms with Gasteiger partial charge in [0.25, 0.3) is 0 Å². The molecule has 1 amide bonds. The Balaban J connectivity index is 2.12. The third-order valence-electron chi connectivity index (χ3n) is 1.36. The van der Waals surface area contributed by atoms with Gasteiger partial charge in [0, 0.05) is 12.5 Å². The van der Waals surface area contributed by atoms with Crippen molar-refractivity contribution in [1.29, 1.82) is 0 Å². The number of primary amides is 1. The lowest BCUT2D eigenvalue weighted by atomic mass is 10.5. The largest absolute Gasteiger partial charge is 0.446 e. The zero-order valence-electron chi connectivity index (χ0n) is 4.91. The van der Waals surface area contributed by atoms with Crippen LogP contribution < -0.4 is 5.73 Å². The van der Waals surface area contributed by atoms with Crippen molar-refractivity contribution >= 4 is 6.09 Å². The highest BCUT2D eigenvalue weighted by molar-refractivity contribution is 5.65. The van der Waals surface area contributed by atoms with Gasteiger partial charge in [-0.05, 0) is 6.42 Å². The Hall–Kier alpha value is -0.770. The summed E-state index contributed by atoms with van der Waals surface area (Å²) in [6, 6.07) is 0. The molecule has 0 bridgehead atoms. The van der Waals surface area contributed by atoms with E-state index in [1.807, 2.05) is 0 Å². The summed E-state index contributed by atoms with van der Waals surface area (Å²) in [4.78, 5) is 10.0. The Labute approximate surface area is 52.6 Å². The lowest BCUT2D eigenvalue weighted by molar-refractivity contribution is 0.135. The van der Waals surface area contributed by atoms with E-state index in [2.05, 4.69) is 4.74 Å². The van der Waals surface area contributed by atoms with Gasteiger partial charge in [-0.3, -0.25) is 0 Å². The molecular weight excluding hydrogens is 122 g/mol. The monoisotopic (exact) mass is 131 g/mol. The van der Waals surface area contributed by atoms with Crippen LogP contribution in [-0.4, -0.2) is 23.9 Å². The minimum atomic E-state index is -0.754. The molecule has 0 heterocycles. The molecule has 0 radical (unpaired) electrons. The summed E-state index contributed by atoms with van der Waals surface area (Å²) in [6.45, 7) is 0.0813. The van der Waals surface area contributed by atoms with Crippen LogP contribution in [-0.2, 0) is 4.74 Å². The molecule has 1 aliphatic carbocycles. The second-order valence-electron chi connectivity index (χ2n) is 2.15. The number of carbonyl (C=O) groups is 1. The fourth-order valence-electron chi connectivity index (χ4n) is 0.705. The van der Waals surface area contributed by atoms with Gasteiger partial charge < -0.3 is 15.6 Å². The highest BCUT2D eigenvalue weighted by atomic mass is 16.6. The molecule has 9 heavy (non-hydrogen) atoms. The van der Waals surface area contributed by atoms with Crippen LogP contribution in [0, 0.1) is 5.92 Å². The van der Waals surface area contributed by atoms with Gasteiger partial charge in [-0.25, -0.2) is 4.79 Å². The van der Waals surface area contributed by atoms with Gasteiger partial charge in [0.1, 0.15) is 6.10 Å². The van der Waals surface area contributed by atoms with Crippen molar-refractivity contribution in [3.63, 3.8) is 0 Å². The molecule has 4 heteroatoms. The predicted molar refractivity (Wildman–Crippen MR) is 29.6 cm³/mol. The van der Waals surface area contributed by atoms with Crippen molar-refractivity contribution < 1.29 is 14.6 Å². The third-order valence-corrected chi connectivity index (χ3v) is 1.36. The number of rotatable bonds is 2. The maximum absolute atomic E-state index is 10.0. The van der Waals surface area contributed by atoms with E-state index < -0.39 is 6.09 Å². The van der Waals surface area contributed by atoms with E-state index in [9.17, 15) is 4.79 Å². The van der Waals surface area contributed by atoms with Gasteiger partial charge in [0.05, 0.1) is 0 Å². The minimum Gasteiger partial charge on any atom is -0.446 e. The van der Waals surface area contributed by atoms with E-state index >= 15 is 0 Å². The highest BCUT2D eigenvalue weighted by Gasteiger charge is 2.39. The number of hydrogen-bond acceptors (Lipinski definition) is 3. The molecule has 1 saturated carbocycles. The molecule has 1 rings (SSSR count). The Bertz CT molecular complexity index is 125. The van der Waals surface area contributed by atoms with Crippen molar-refractivity contribution in [2.75, 3.05) is 6.61 Å². The molecule has 0 saturated heterocycles. The molecule has 3 N–H and O–H groups in total. The number of aliphatic hydroxyl groups is 1. The van der Waals surface area contributed by atoms with Crippen LogP contribution >= 0.6 is 0 Å². The first-order chi connectivity index (χ1) is 4.24. The lowest BCUT2D eigenvalue weighted by Gasteiger charge is -1.95. The molecule has 52 valence electrons. The van der Waals surface area contributed by atoms with Gasteiger partial charge >= 0.3 is 6.09 Å². The number of ether oxygens (including phenoxy) is 1. The third kappa shape index (κ3) is 1.57. The summed E-state index contributed by atoms with van der Waals surface area (Å²) in [6.07, 6.45) is -0.122. The van der Waals surface area contributed by atoms with Gasteiger partial charge in [0.2, 0.25) is 0 Å². The smallest absolute Gasteiger partial charge is 0.404 e. The molecule has 4 nitrogen and oxygen atoms in total. The molecule has 0 aromatic carbocycles. The van der Waals surface area contributed by atoms with Crippen molar-refractivity contribution in [3.05, 3.63) is 0 Å². The predicted octanol–water partition coefficient (Wildman–Crippen LogP) is -0.538. The zero-order valence-corrected chi connectivity index (χ0v) is 4.91. The summed E-state index contributed by atoms with van der Waals surface area (Å²) in [5.41, 5.74) is 4.71. The van der Waals surface area contributed by atoms with Crippen molar-refractivity contribution in [2.45, 2.75) is 12.5 Å². The molecule has 0 spiro atoms. The van der Waals surface area contributed by atoms with Gasteiger partial charge in [-0.1, -0.05) is 0 Å². The van der Waals surface area contributed by atoms with Crippen LogP contribution in [0.15, 0.2) is 0 Å². The van der Waals surface area contributed by atoms with E-state index in [0.29, 0.717) is 0 Å². The molecule has 0 aromatic heterocycles. The summed E-state index contributed by atoms with van der Waals surface area (Å²) >= 11 is 0. The van der Waals surface area contributed by atoms with Gasteiger partial charge in [-0.15, -0.1) is 0 Å². The molecule has 0 aromatic rings. The van der Waals surface area contributed by atoms with Gasteiger partial charge in [0.15, 0.2) is 0 Å². The fraction of sp³-hybridized carbons (Fsp3) is 0.800. The zero-order chi connectivity index (χ0) is 6.85. The molecular formula is C5H9NO3. The van der Waals surface area contributed by atoms with Crippen LogP contribution in [0.5, 0.6) is 0 Å². The summed E-state index contributed by atoms with van der Waals surface area (Å²) in [5, 5.41) is 8.46. The molecule has 1 fully saturated rings. The van der Waals surface area contributed by atoms with E-state index in [4.69, 9.17) is 10.8 Å². The highest BCUT2D eigenvalue weighted by Crippen LogP contribution is 2.32. The summed E-state index contributed by atoms with van der Waals surface area (Å²) in [5.74, 6) is 0.137. The van der Waals surface area contributed by atoms with E-state index in [0.717, 1.165) is 6.42 Å². The Kier molecular flexibility index (Phi) is 1.57. The van der Waals surface area contributed by atoms with Crippen LogP contribution in [0.1, 0.15) is 6.42 Å². The average Bonchev–Trinajstić information content (AvgIpc) is 2.45. The Morgan fingerprint density at radius 2 is 2.56 bits per heavy atom. The molecule has 2 unspecified atom stereocenters. The topological polar surface area (TPSA) is 72.6 Å². The lowest BCUT2D eigenvalue weighted by Crippen LogP contribution is -2.15. The van der Waals surface area contributed by atoms with E-state index in [1.54, 1.807) is 0 Å². The van der Waals surface area contributed by atoms with Crippen molar-refractivity contribution in [3.8, 4) is 0 Å². The Morgan fingerprint density at radius 1 is 1.89 bits per heavy atom. The average molecular weight is 131 g/mol. The second-order valence-corrected chi connectivity index (χ2v) is 2.15. The molecule has 2 atom stereocenters. The van der Waals surface area contributed by atoms with Gasteiger partial charge in [-0.2, -0.15) is 0 Å². The number of amides is 1. The first-order valence-corrected chi connectivity index (χ1v) is 2.81. The van der Waals surface area contributed by atoms with Crippen molar-refractivity contribution in [1.82, 2.24) is 0 Å². The number of carbonyl (C=O) groups excluding carboxylic acids is 1. The van der Waals surface area contributed by atoms with Crippen LogP contribution in [0.4, 0.5) is 4.79 Å². The molecule has 0 aliphatic heterocycles. The van der Waals surface area contributed by atoms with E-state index in [-0.39, 0.29) is 18.6 Å². The standard InChI is InChI=1S/C5H9NO3/c6-5(8)9-4-1-3(4)2-7/h3-4,7H,1-2H2,(H2,6,8). The second kappa shape index (κ2) is 2.23. The van der Waals surface area contributed by atoms with Crippen LogP contribution in [0.2, 0.25) is 0 Å². The minimum absolute atomic E-state index is 0.0813. The quantitative estimate of drug-likeness (QED) is 0.528. The van der Waals surface area contributed by atoms with Crippen LogP contribution in [0.25, 0.3) is 0 Å². The summed E-state index contributed by atoms with van der Waals surface area (Å²) in [7, 11) is 0. The van der Waals surface area contributed by atoms with E-state index in [1.165, 1.54) is 0 Å². The number of hydrogen-bond donors (Lipinski definition) is 2. The van der Waals surface area contributed by atoms with Crippen LogP contribution in [0.3, 0.4) is 0 Å².